The number of hydrogen-bond acceptors (Lipinski definition) is 7. The average Bonchev–Trinajstić information content (AvgIpc) is 3.44. The topological polar surface area (TPSA) is 89.6 Å². The van der Waals surface area contributed by atoms with E-state index in [9.17, 15) is 4.79 Å². The highest BCUT2D eigenvalue weighted by atomic mass is 32.2. The van der Waals surface area contributed by atoms with Gasteiger partial charge in [-0.25, -0.2) is 4.98 Å². The minimum atomic E-state index is -0.0349. The second kappa shape index (κ2) is 7.31. The van der Waals surface area contributed by atoms with Gasteiger partial charge in [0.2, 0.25) is 0 Å². The summed E-state index contributed by atoms with van der Waals surface area (Å²) in [6, 6.07) is 1.89. The van der Waals surface area contributed by atoms with Crippen LogP contribution in [0, 0.1) is 6.92 Å². The maximum absolute atomic E-state index is 12.6. The first-order valence-corrected chi connectivity index (χ1v) is 11.2. The second-order valence-electron chi connectivity index (χ2n) is 6.93. The summed E-state index contributed by atoms with van der Waals surface area (Å²) in [4.78, 5) is 22.5. The van der Waals surface area contributed by atoms with Crippen LogP contribution in [-0.2, 0) is 25.1 Å². The molecule has 0 aromatic carbocycles. The van der Waals surface area contributed by atoms with Crippen molar-refractivity contribution in [3.63, 3.8) is 0 Å². The van der Waals surface area contributed by atoms with Crippen molar-refractivity contribution in [3.8, 4) is 11.4 Å². The quantitative estimate of drug-likeness (QED) is 0.369. The summed E-state index contributed by atoms with van der Waals surface area (Å²) in [6.07, 6.45) is 6.62. The van der Waals surface area contributed by atoms with Crippen LogP contribution in [0.5, 0.6) is 0 Å². The summed E-state index contributed by atoms with van der Waals surface area (Å²) in [5.41, 5.74) is 2.07. The Bertz CT molecular complexity index is 1280. The van der Waals surface area contributed by atoms with Crippen LogP contribution in [0.1, 0.15) is 28.4 Å². The van der Waals surface area contributed by atoms with Crippen LogP contribution in [0.4, 0.5) is 0 Å². The van der Waals surface area contributed by atoms with Crippen LogP contribution in [0.3, 0.4) is 0 Å². The predicted octanol–water partition coefficient (Wildman–Crippen LogP) is 4.11. The molecule has 0 bridgehead atoms. The Labute approximate surface area is 174 Å². The number of thiophene rings is 1. The van der Waals surface area contributed by atoms with E-state index in [4.69, 9.17) is 9.40 Å². The number of allylic oxidation sites excluding steroid dienone is 1. The van der Waals surface area contributed by atoms with E-state index in [1.807, 2.05) is 23.6 Å². The van der Waals surface area contributed by atoms with Gasteiger partial charge in [0.1, 0.15) is 16.4 Å². The summed E-state index contributed by atoms with van der Waals surface area (Å²) < 4.78 is 7.40. The minimum absolute atomic E-state index is 0.0349. The first-order chi connectivity index (χ1) is 14.2. The Morgan fingerprint density at radius 2 is 2.31 bits per heavy atom. The van der Waals surface area contributed by atoms with Crippen molar-refractivity contribution in [2.24, 2.45) is 0 Å². The standard InChI is InChI=1S/C20H19N5O2S2/c1-3-8-25-17(12-7-9-27-11(12)2)23-24-20(25)28-10-15-21-18(26)16-13-5-4-6-14(13)29-19(16)22-15/h3,7,9H,1,4-6,8,10H2,2H3,(H,21,22,26). The summed E-state index contributed by atoms with van der Waals surface area (Å²) in [5.74, 6) is 2.70. The summed E-state index contributed by atoms with van der Waals surface area (Å²) in [6.45, 7) is 6.32. The molecule has 5 rings (SSSR count). The number of nitrogens with one attached hydrogen (secondary N) is 1. The van der Waals surface area contributed by atoms with Gasteiger partial charge in [0.15, 0.2) is 11.0 Å². The van der Waals surface area contributed by atoms with Crippen molar-refractivity contribution in [1.29, 1.82) is 0 Å². The van der Waals surface area contributed by atoms with E-state index in [1.165, 1.54) is 22.2 Å². The molecule has 9 heteroatoms. The zero-order chi connectivity index (χ0) is 20.0. The van der Waals surface area contributed by atoms with Gasteiger partial charge in [0, 0.05) is 11.4 Å². The first kappa shape index (κ1) is 18.4. The maximum Gasteiger partial charge on any atom is 0.259 e. The molecule has 0 radical (unpaired) electrons. The molecule has 4 heterocycles. The van der Waals surface area contributed by atoms with Gasteiger partial charge in [-0.1, -0.05) is 17.8 Å². The van der Waals surface area contributed by atoms with Gasteiger partial charge in [-0.2, -0.15) is 0 Å². The van der Waals surface area contributed by atoms with E-state index in [0.717, 1.165) is 51.8 Å². The highest BCUT2D eigenvalue weighted by Crippen LogP contribution is 2.35. The molecule has 4 aromatic heterocycles. The van der Waals surface area contributed by atoms with Crippen molar-refractivity contribution in [2.45, 2.75) is 43.6 Å². The third kappa shape index (κ3) is 3.14. The third-order valence-corrected chi connectivity index (χ3v) is 7.25. The van der Waals surface area contributed by atoms with Crippen LogP contribution in [0.2, 0.25) is 0 Å². The minimum Gasteiger partial charge on any atom is -0.469 e. The Hall–Kier alpha value is -2.65. The molecular formula is C20H19N5O2S2. The Kier molecular flexibility index (Phi) is 4.63. The molecule has 0 amide bonds. The molecule has 4 aromatic rings. The number of aryl methyl sites for hydroxylation is 3. The van der Waals surface area contributed by atoms with Crippen LogP contribution in [-0.4, -0.2) is 24.7 Å². The van der Waals surface area contributed by atoms with E-state index in [0.29, 0.717) is 18.1 Å². The molecule has 1 aliphatic rings. The molecular weight excluding hydrogens is 406 g/mol. The number of furan rings is 1. The van der Waals surface area contributed by atoms with Crippen molar-refractivity contribution < 1.29 is 4.42 Å². The number of rotatable bonds is 6. The smallest absolute Gasteiger partial charge is 0.259 e. The summed E-state index contributed by atoms with van der Waals surface area (Å²) >= 11 is 3.15. The largest absolute Gasteiger partial charge is 0.469 e. The van der Waals surface area contributed by atoms with E-state index < -0.39 is 0 Å². The monoisotopic (exact) mass is 425 g/mol. The van der Waals surface area contributed by atoms with E-state index >= 15 is 0 Å². The molecule has 0 unspecified atom stereocenters. The average molecular weight is 426 g/mol. The second-order valence-corrected chi connectivity index (χ2v) is 8.96. The van der Waals surface area contributed by atoms with Gasteiger partial charge in [-0.15, -0.1) is 28.1 Å². The fraction of sp³-hybridized carbons (Fsp3) is 0.300. The lowest BCUT2D eigenvalue weighted by Crippen LogP contribution is -2.11. The lowest BCUT2D eigenvalue weighted by atomic mass is 10.2. The van der Waals surface area contributed by atoms with Crippen molar-refractivity contribution in [3.05, 3.63) is 57.4 Å². The van der Waals surface area contributed by atoms with E-state index in [1.54, 1.807) is 17.6 Å². The molecule has 0 spiro atoms. The molecule has 0 saturated carbocycles. The first-order valence-electron chi connectivity index (χ1n) is 9.40. The lowest BCUT2D eigenvalue weighted by molar-refractivity contribution is 0.534. The van der Waals surface area contributed by atoms with E-state index in [-0.39, 0.29) is 5.56 Å². The van der Waals surface area contributed by atoms with Gasteiger partial charge in [0.25, 0.3) is 5.56 Å². The summed E-state index contributed by atoms with van der Waals surface area (Å²) in [5, 5.41) is 10.2. The van der Waals surface area contributed by atoms with Crippen LogP contribution >= 0.6 is 23.1 Å². The fourth-order valence-electron chi connectivity index (χ4n) is 3.75. The lowest BCUT2D eigenvalue weighted by Gasteiger charge is -2.07. The highest BCUT2D eigenvalue weighted by molar-refractivity contribution is 7.98. The maximum atomic E-state index is 12.6. The molecule has 7 nitrogen and oxygen atoms in total. The number of thioether (sulfide) groups is 1. The normalized spacial score (nSPS) is 13.3. The number of fused-ring (bicyclic) bond motifs is 3. The van der Waals surface area contributed by atoms with Gasteiger partial charge < -0.3 is 9.40 Å². The zero-order valence-electron chi connectivity index (χ0n) is 15.9. The molecule has 29 heavy (non-hydrogen) atoms. The van der Waals surface area contributed by atoms with Crippen LogP contribution in [0.15, 0.2) is 39.4 Å². The Morgan fingerprint density at radius 1 is 1.41 bits per heavy atom. The van der Waals surface area contributed by atoms with Crippen LogP contribution in [0.25, 0.3) is 21.6 Å². The van der Waals surface area contributed by atoms with Crippen molar-refractivity contribution >= 4 is 33.3 Å². The fourth-order valence-corrected chi connectivity index (χ4v) is 5.85. The zero-order valence-corrected chi connectivity index (χ0v) is 17.5. The number of H-pyrrole nitrogens is 1. The number of nitrogens with zero attached hydrogens (tertiary/aromatic N) is 4. The molecule has 1 aliphatic carbocycles. The van der Waals surface area contributed by atoms with Gasteiger partial charge >= 0.3 is 0 Å². The molecule has 0 fully saturated rings. The molecule has 0 atom stereocenters. The Balaban J connectivity index is 1.44. The SMILES string of the molecule is C=CCn1c(SCc2nc3sc4c(c3c(=O)[nH]2)CCC4)nnc1-c1ccoc1C. The van der Waals surface area contributed by atoms with Gasteiger partial charge in [-0.05, 0) is 37.8 Å². The highest BCUT2D eigenvalue weighted by Gasteiger charge is 2.22. The van der Waals surface area contributed by atoms with Crippen molar-refractivity contribution in [1.82, 2.24) is 24.7 Å². The molecule has 0 saturated heterocycles. The Morgan fingerprint density at radius 3 is 3.10 bits per heavy atom. The van der Waals surface area contributed by atoms with Gasteiger partial charge in [-0.3, -0.25) is 9.36 Å². The molecule has 0 aliphatic heterocycles. The predicted molar refractivity (Wildman–Crippen MR) is 114 cm³/mol. The number of aromatic amines is 1. The van der Waals surface area contributed by atoms with Gasteiger partial charge in [0.05, 0.1) is 23.0 Å². The third-order valence-electron chi connectivity index (χ3n) is 5.09. The molecule has 148 valence electrons. The summed E-state index contributed by atoms with van der Waals surface area (Å²) in [7, 11) is 0. The number of hydrogen-bond donors (Lipinski definition) is 1. The van der Waals surface area contributed by atoms with E-state index in [2.05, 4.69) is 21.8 Å². The van der Waals surface area contributed by atoms with Crippen LogP contribution < -0.4 is 5.56 Å². The van der Waals surface area contributed by atoms with Crippen molar-refractivity contribution in [2.75, 3.05) is 0 Å². The number of aromatic nitrogens is 5. The molecule has 1 N–H and O–H groups in total.